The highest BCUT2D eigenvalue weighted by Gasteiger charge is 2.18. The molecule has 4 N–H and O–H groups in total. The van der Waals surface area contributed by atoms with Crippen LogP contribution in [0.5, 0.6) is 0 Å². The lowest BCUT2D eigenvalue weighted by Gasteiger charge is -2.13. The lowest BCUT2D eigenvalue weighted by molar-refractivity contribution is 0.606. The Morgan fingerprint density at radius 2 is 2.14 bits per heavy atom. The lowest BCUT2D eigenvalue weighted by atomic mass is 10.1. The zero-order valence-corrected chi connectivity index (χ0v) is 12.5. The summed E-state index contributed by atoms with van der Waals surface area (Å²) in [6.07, 6.45) is 1.62. The summed E-state index contributed by atoms with van der Waals surface area (Å²) in [6.45, 7) is 2.51. The molecule has 0 saturated carbocycles. The molecule has 2 heterocycles. The molecule has 0 fully saturated rings. The maximum Gasteiger partial charge on any atom is 0.184 e. The van der Waals surface area contributed by atoms with E-state index in [2.05, 4.69) is 15.2 Å². The normalized spacial score (nSPS) is 13.1. The summed E-state index contributed by atoms with van der Waals surface area (Å²) >= 11 is 6.09. The number of hydrogen-bond donors (Lipinski definition) is 2. The van der Waals surface area contributed by atoms with E-state index >= 15 is 0 Å². The average molecular weight is 305 g/mol. The van der Waals surface area contributed by atoms with Crippen LogP contribution >= 0.6 is 11.6 Å². The van der Waals surface area contributed by atoms with E-state index in [9.17, 15) is 0 Å². The van der Waals surface area contributed by atoms with Crippen LogP contribution in [-0.2, 0) is 0 Å². The highest BCUT2D eigenvalue weighted by molar-refractivity contribution is 6.31. The molecule has 0 spiro atoms. The van der Waals surface area contributed by atoms with Gasteiger partial charge in [-0.15, -0.1) is 10.2 Å². The van der Waals surface area contributed by atoms with E-state index in [1.807, 2.05) is 29.5 Å². The van der Waals surface area contributed by atoms with E-state index in [0.717, 1.165) is 35.4 Å². The summed E-state index contributed by atoms with van der Waals surface area (Å²) in [5, 5.41) is 9.02. The molecular formula is C14H17ClN6. The predicted octanol–water partition coefficient (Wildman–Crippen LogP) is 1.98. The number of halogens is 1. The Labute approximate surface area is 127 Å². The Kier molecular flexibility index (Phi) is 3.75. The van der Waals surface area contributed by atoms with Gasteiger partial charge < -0.3 is 11.5 Å². The quantitative estimate of drug-likeness (QED) is 0.768. The Morgan fingerprint density at radius 3 is 2.90 bits per heavy atom. The number of benzene rings is 1. The van der Waals surface area contributed by atoms with Gasteiger partial charge >= 0.3 is 0 Å². The average Bonchev–Trinajstić information content (AvgIpc) is 2.86. The molecule has 0 amide bonds. The van der Waals surface area contributed by atoms with E-state index in [0.29, 0.717) is 17.2 Å². The number of nitrogens with zero attached hydrogens (tertiary/aromatic N) is 4. The Balaban J connectivity index is 2.26. The molecule has 0 aliphatic carbocycles. The maximum absolute atomic E-state index is 6.25. The van der Waals surface area contributed by atoms with Crippen molar-refractivity contribution in [3.63, 3.8) is 0 Å². The molecule has 110 valence electrons. The second-order valence-corrected chi connectivity index (χ2v) is 5.51. The smallest absolute Gasteiger partial charge is 0.184 e. The predicted molar refractivity (Wildman–Crippen MR) is 83.3 cm³/mol. The third-order valence-electron chi connectivity index (χ3n) is 3.54. The van der Waals surface area contributed by atoms with Crippen molar-refractivity contribution in [2.24, 2.45) is 11.5 Å². The summed E-state index contributed by atoms with van der Waals surface area (Å²) in [5.41, 5.74) is 15.0. The van der Waals surface area contributed by atoms with Gasteiger partial charge in [0.1, 0.15) is 11.5 Å². The van der Waals surface area contributed by atoms with Gasteiger partial charge in [0.2, 0.25) is 0 Å². The molecule has 7 heteroatoms. The van der Waals surface area contributed by atoms with Crippen LogP contribution in [0.2, 0.25) is 5.02 Å². The highest BCUT2D eigenvalue weighted by Crippen LogP contribution is 2.25. The zero-order chi connectivity index (χ0) is 15.0. The van der Waals surface area contributed by atoms with Gasteiger partial charge in [-0.3, -0.25) is 4.40 Å². The molecule has 0 radical (unpaired) electrons. The van der Waals surface area contributed by atoms with Gasteiger partial charge in [0.05, 0.1) is 17.1 Å². The van der Waals surface area contributed by atoms with E-state index in [1.54, 1.807) is 0 Å². The molecular weight excluding hydrogens is 288 g/mol. The minimum Gasteiger partial charge on any atom is -0.330 e. The molecule has 0 aliphatic rings. The van der Waals surface area contributed by atoms with Gasteiger partial charge in [-0.2, -0.15) is 0 Å². The summed E-state index contributed by atoms with van der Waals surface area (Å²) < 4.78 is 1.95. The molecule has 2 aromatic heterocycles. The highest BCUT2D eigenvalue weighted by atomic mass is 35.5. The van der Waals surface area contributed by atoms with E-state index < -0.39 is 0 Å². The lowest BCUT2D eigenvalue weighted by Crippen LogP contribution is -2.16. The fourth-order valence-electron chi connectivity index (χ4n) is 2.49. The number of nitrogens with two attached hydrogens (primary N) is 2. The van der Waals surface area contributed by atoms with E-state index in [-0.39, 0.29) is 6.04 Å². The van der Waals surface area contributed by atoms with Gasteiger partial charge in [0.15, 0.2) is 5.65 Å². The maximum atomic E-state index is 6.25. The summed E-state index contributed by atoms with van der Waals surface area (Å²) in [4.78, 5) is 4.66. The molecule has 6 nitrogen and oxygen atoms in total. The number of rotatable bonds is 4. The second-order valence-electron chi connectivity index (χ2n) is 5.07. The van der Waals surface area contributed by atoms with Crippen LogP contribution in [0.25, 0.3) is 16.7 Å². The minimum absolute atomic E-state index is 0.209. The van der Waals surface area contributed by atoms with Gasteiger partial charge in [-0.25, -0.2) is 4.98 Å². The van der Waals surface area contributed by atoms with Crippen LogP contribution in [0.4, 0.5) is 0 Å². The summed E-state index contributed by atoms with van der Waals surface area (Å²) in [5.74, 6) is 0.784. The van der Waals surface area contributed by atoms with Crippen LogP contribution in [0, 0.1) is 6.92 Å². The van der Waals surface area contributed by atoms with Crippen molar-refractivity contribution in [1.82, 2.24) is 19.6 Å². The van der Waals surface area contributed by atoms with Crippen molar-refractivity contribution in [1.29, 1.82) is 0 Å². The van der Waals surface area contributed by atoms with Crippen LogP contribution in [0.1, 0.15) is 30.4 Å². The standard InChI is InChI=1S/C14H17ClN6/c1-8-19-20-14-13(10(17)3-2-6-16)18-11-5-4-9(15)7-12(11)21(8)14/h4-5,7,10H,2-3,6,16-17H2,1H3. The van der Waals surface area contributed by atoms with Gasteiger partial charge in [-0.1, -0.05) is 11.6 Å². The van der Waals surface area contributed by atoms with Crippen molar-refractivity contribution in [2.45, 2.75) is 25.8 Å². The Bertz CT molecular complexity index is 797. The summed E-state index contributed by atoms with van der Waals surface area (Å²) in [6, 6.07) is 5.36. The monoisotopic (exact) mass is 304 g/mol. The Morgan fingerprint density at radius 1 is 1.33 bits per heavy atom. The number of aryl methyl sites for hydroxylation is 1. The van der Waals surface area contributed by atoms with Crippen molar-refractivity contribution >= 4 is 28.3 Å². The first-order chi connectivity index (χ1) is 10.1. The largest absolute Gasteiger partial charge is 0.330 e. The number of fused-ring (bicyclic) bond motifs is 3. The zero-order valence-electron chi connectivity index (χ0n) is 11.8. The third-order valence-corrected chi connectivity index (χ3v) is 3.78. The molecule has 21 heavy (non-hydrogen) atoms. The van der Waals surface area contributed by atoms with Crippen LogP contribution in [-0.4, -0.2) is 26.1 Å². The van der Waals surface area contributed by atoms with E-state index in [1.165, 1.54) is 0 Å². The van der Waals surface area contributed by atoms with Crippen molar-refractivity contribution in [2.75, 3.05) is 6.54 Å². The van der Waals surface area contributed by atoms with Crippen molar-refractivity contribution in [3.8, 4) is 0 Å². The molecule has 0 aliphatic heterocycles. The number of hydrogen-bond acceptors (Lipinski definition) is 5. The van der Waals surface area contributed by atoms with Crippen LogP contribution in [0.3, 0.4) is 0 Å². The molecule has 3 rings (SSSR count). The van der Waals surface area contributed by atoms with Crippen LogP contribution in [0.15, 0.2) is 18.2 Å². The van der Waals surface area contributed by atoms with Gasteiger partial charge in [0.25, 0.3) is 0 Å². The third kappa shape index (κ3) is 2.46. The minimum atomic E-state index is -0.209. The fraction of sp³-hybridized carbons (Fsp3) is 0.357. The summed E-state index contributed by atoms with van der Waals surface area (Å²) in [7, 11) is 0. The van der Waals surface area contributed by atoms with Gasteiger partial charge in [0, 0.05) is 5.02 Å². The fourth-order valence-corrected chi connectivity index (χ4v) is 2.66. The molecule has 0 saturated heterocycles. The first-order valence-corrected chi connectivity index (χ1v) is 7.26. The molecule has 1 atom stereocenters. The van der Waals surface area contributed by atoms with Crippen LogP contribution < -0.4 is 11.5 Å². The molecule has 3 aromatic rings. The topological polar surface area (TPSA) is 95.1 Å². The molecule has 1 unspecified atom stereocenters. The van der Waals surface area contributed by atoms with E-state index in [4.69, 9.17) is 23.1 Å². The van der Waals surface area contributed by atoms with Crippen molar-refractivity contribution < 1.29 is 0 Å². The first kappa shape index (κ1) is 14.2. The molecule has 1 aromatic carbocycles. The first-order valence-electron chi connectivity index (χ1n) is 6.88. The van der Waals surface area contributed by atoms with Gasteiger partial charge in [-0.05, 0) is 44.5 Å². The van der Waals surface area contributed by atoms with Crippen molar-refractivity contribution in [3.05, 3.63) is 34.7 Å². The molecule has 0 bridgehead atoms. The number of aromatic nitrogens is 4. The SMILES string of the molecule is Cc1nnc2c(C(N)CCCN)nc3ccc(Cl)cc3n12. The Hall–Kier alpha value is -1.76. The second kappa shape index (κ2) is 5.55.